The molecular formula is C29H26ClN7OS. The van der Waals surface area contributed by atoms with Crippen molar-refractivity contribution >= 4 is 34.6 Å². The number of carbonyl (C=O) groups excluding carboxylic acids is 1. The van der Waals surface area contributed by atoms with Crippen molar-refractivity contribution in [3.05, 3.63) is 92.6 Å². The predicted octanol–water partition coefficient (Wildman–Crippen LogP) is 4.11. The molecule has 0 bridgehead atoms. The Bertz CT molecular complexity index is 1620. The number of aromatic nitrogens is 4. The second-order valence-electron chi connectivity index (χ2n) is 9.48. The Balaban J connectivity index is 1.50. The van der Waals surface area contributed by atoms with Crippen molar-refractivity contribution in [3.8, 4) is 16.8 Å². The number of aliphatic imine (C=N–C) groups is 1. The maximum absolute atomic E-state index is 13.4. The highest BCUT2D eigenvalue weighted by Gasteiger charge is 2.33. The van der Waals surface area contributed by atoms with Gasteiger partial charge >= 0.3 is 0 Å². The fourth-order valence-electron chi connectivity index (χ4n) is 4.91. The van der Waals surface area contributed by atoms with Crippen molar-refractivity contribution in [3.63, 3.8) is 0 Å². The molecular weight excluding hydrogens is 530 g/mol. The van der Waals surface area contributed by atoms with Crippen LogP contribution in [0.5, 0.6) is 0 Å². The van der Waals surface area contributed by atoms with Gasteiger partial charge in [0.25, 0.3) is 0 Å². The number of piperazine rings is 1. The summed E-state index contributed by atoms with van der Waals surface area (Å²) in [5.41, 5.74) is 4.40. The van der Waals surface area contributed by atoms with Crippen molar-refractivity contribution in [2.45, 2.75) is 26.3 Å². The van der Waals surface area contributed by atoms with Crippen LogP contribution >= 0.6 is 22.9 Å². The molecule has 1 aromatic carbocycles. The van der Waals surface area contributed by atoms with E-state index in [0.717, 1.165) is 51.2 Å². The molecule has 0 aliphatic carbocycles. The van der Waals surface area contributed by atoms with Crippen molar-refractivity contribution in [2.75, 3.05) is 26.2 Å². The first-order chi connectivity index (χ1) is 19.0. The van der Waals surface area contributed by atoms with Crippen LogP contribution in [-0.2, 0) is 4.79 Å². The second kappa shape index (κ2) is 10.7. The number of nitrogens with one attached hydrogen (secondary N) is 1. The van der Waals surface area contributed by atoms with Crippen LogP contribution in [-0.4, -0.2) is 62.4 Å². The number of pyridine rings is 1. The van der Waals surface area contributed by atoms with Crippen molar-refractivity contribution in [1.82, 2.24) is 30.0 Å². The van der Waals surface area contributed by atoms with Gasteiger partial charge in [-0.15, -0.1) is 21.5 Å². The van der Waals surface area contributed by atoms with Crippen LogP contribution in [0.1, 0.15) is 51.4 Å². The van der Waals surface area contributed by atoms with Gasteiger partial charge in [-0.05, 0) is 55.5 Å². The van der Waals surface area contributed by atoms with E-state index in [1.165, 1.54) is 0 Å². The Labute approximate surface area is 235 Å². The van der Waals surface area contributed by atoms with Gasteiger partial charge in [0.1, 0.15) is 22.6 Å². The number of carbonyl (C=O) groups is 1. The monoisotopic (exact) mass is 555 g/mol. The summed E-state index contributed by atoms with van der Waals surface area (Å²) < 4.78 is 2.04. The lowest BCUT2D eigenvalue weighted by molar-refractivity contribution is -0.132. The first-order valence-corrected chi connectivity index (χ1v) is 14.0. The predicted molar refractivity (Wildman–Crippen MR) is 153 cm³/mol. The minimum atomic E-state index is -0.485. The van der Waals surface area contributed by atoms with Crippen molar-refractivity contribution in [1.29, 1.82) is 0 Å². The van der Waals surface area contributed by atoms with Gasteiger partial charge in [0.05, 0.1) is 17.0 Å². The fraction of sp³-hybridized carbons (Fsp3) is 0.276. The van der Waals surface area contributed by atoms with E-state index in [1.807, 2.05) is 58.9 Å². The third kappa shape index (κ3) is 4.99. The number of thiophene rings is 1. The molecule has 0 radical (unpaired) electrons. The van der Waals surface area contributed by atoms with Crippen LogP contribution in [0.2, 0.25) is 5.02 Å². The molecule has 1 N–H and O–H groups in total. The third-order valence-corrected chi connectivity index (χ3v) is 8.37. The van der Waals surface area contributed by atoms with E-state index >= 15 is 0 Å². The molecule has 10 heteroatoms. The number of aryl methyl sites for hydroxylation is 1. The quantitative estimate of drug-likeness (QED) is 0.384. The highest BCUT2D eigenvalue weighted by molar-refractivity contribution is 7.15. The zero-order chi connectivity index (χ0) is 26.9. The molecule has 0 saturated carbocycles. The van der Waals surface area contributed by atoms with Crippen molar-refractivity contribution < 1.29 is 4.79 Å². The van der Waals surface area contributed by atoms with Gasteiger partial charge in [0.2, 0.25) is 5.91 Å². The Kier molecular flexibility index (Phi) is 7.00. The fourth-order valence-corrected chi connectivity index (χ4v) is 6.25. The Hall–Kier alpha value is -3.84. The van der Waals surface area contributed by atoms with Crippen molar-refractivity contribution in [2.24, 2.45) is 4.99 Å². The molecule has 4 aromatic rings. The van der Waals surface area contributed by atoms with E-state index < -0.39 is 6.04 Å². The standard InChI is InChI=1S/C29H26ClN7OS/c1-18-24(11-10-22-5-3-4-12-32-22)39-29-26(18)27(20-6-8-21(30)9-7-20)33-23(28-35-34-19(2)37(28)29)17-25(38)36-15-13-31-14-16-36/h3-9,12,23,31H,13-17H2,1-2H3/t23-/m0/s1. The lowest BCUT2D eigenvalue weighted by Crippen LogP contribution is -2.46. The molecule has 39 heavy (non-hydrogen) atoms. The molecule has 5 heterocycles. The third-order valence-electron chi connectivity index (χ3n) is 6.93. The summed E-state index contributed by atoms with van der Waals surface area (Å²) in [7, 11) is 0. The van der Waals surface area contributed by atoms with E-state index in [-0.39, 0.29) is 12.3 Å². The molecule has 2 aliphatic heterocycles. The molecule has 1 amide bonds. The molecule has 3 aromatic heterocycles. The van der Waals surface area contributed by atoms with Crippen LogP contribution in [0, 0.1) is 25.7 Å². The minimum Gasteiger partial charge on any atom is -0.340 e. The highest BCUT2D eigenvalue weighted by Crippen LogP contribution is 2.40. The molecule has 2 aliphatic rings. The van der Waals surface area contributed by atoms with E-state index in [2.05, 4.69) is 39.3 Å². The van der Waals surface area contributed by atoms with E-state index in [9.17, 15) is 4.79 Å². The maximum atomic E-state index is 13.4. The smallest absolute Gasteiger partial charge is 0.225 e. The number of nitrogens with zero attached hydrogens (tertiary/aromatic N) is 6. The van der Waals surface area contributed by atoms with Crippen LogP contribution < -0.4 is 5.32 Å². The summed E-state index contributed by atoms with van der Waals surface area (Å²) >= 11 is 7.82. The molecule has 6 rings (SSSR count). The van der Waals surface area contributed by atoms with Gasteiger partial charge in [-0.1, -0.05) is 29.8 Å². The summed E-state index contributed by atoms with van der Waals surface area (Å²) in [4.78, 5) is 25.8. The molecule has 196 valence electrons. The summed E-state index contributed by atoms with van der Waals surface area (Å²) in [5, 5.41) is 13.8. The molecule has 0 spiro atoms. The Morgan fingerprint density at radius 2 is 1.90 bits per heavy atom. The van der Waals surface area contributed by atoms with E-state index in [1.54, 1.807) is 17.5 Å². The van der Waals surface area contributed by atoms with Crippen LogP contribution in [0.3, 0.4) is 0 Å². The van der Waals surface area contributed by atoms with E-state index in [0.29, 0.717) is 29.6 Å². The molecule has 1 atom stereocenters. The lowest BCUT2D eigenvalue weighted by atomic mass is 9.99. The summed E-state index contributed by atoms with van der Waals surface area (Å²) in [5.74, 6) is 7.98. The zero-order valence-electron chi connectivity index (χ0n) is 21.6. The SMILES string of the molecule is Cc1c(C#Cc2ccccn2)sc2c1C(c1ccc(Cl)cc1)=N[C@@H](CC(=O)N1CCNCC1)c1nnc(C)n1-2. The van der Waals surface area contributed by atoms with Crippen LogP contribution in [0.4, 0.5) is 0 Å². The molecule has 8 nitrogen and oxygen atoms in total. The number of amides is 1. The Morgan fingerprint density at radius 1 is 1.10 bits per heavy atom. The number of benzene rings is 1. The second-order valence-corrected chi connectivity index (χ2v) is 10.9. The molecule has 1 fully saturated rings. The van der Waals surface area contributed by atoms with Gasteiger partial charge in [0, 0.05) is 48.5 Å². The number of halogens is 1. The minimum absolute atomic E-state index is 0.0665. The lowest BCUT2D eigenvalue weighted by Gasteiger charge is -2.28. The maximum Gasteiger partial charge on any atom is 0.225 e. The number of hydrogen-bond acceptors (Lipinski definition) is 7. The summed E-state index contributed by atoms with van der Waals surface area (Å²) in [6.45, 7) is 6.96. The zero-order valence-corrected chi connectivity index (χ0v) is 23.2. The van der Waals surface area contributed by atoms with Crippen LogP contribution in [0.25, 0.3) is 5.00 Å². The average Bonchev–Trinajstić information content (AvgIpc) is 3.46. The topological polar surface area (TPSA) is 88.3 Å². The van der Waals surface area contributed by atoms with Gasteiger partial charge in [0.15, 0.2) is 5.82 Å². The largest absolute Gasteiger partial charge is 0.340 e. The van der Waals surface area contributed by atoms with Gasteiger partial charge in [-0.3, -0.25) is 14.4 Å². The number of hydrogen-bond donors (Lipinski definition) is 1. The van der Waals surface area contributed by atoms with Crippen LogP contribution in [0.15, 0.2) is 53.7 Å². The first-order valence-electron chi connectivity index (χ1n) is 12.8. The van der Waals surface area contributed by atoms with E-state index in [4.69, 9.17) is 16.6 Å². The molecule has 1 saturated heterocycles. The molecule has 0 unspecified atom stereocenters. The van der Waals surface area contributed by atoms with Gasteiger partial charge in [-0.25, -0.2) is 4.98 Å². The number of fused-ring (bicyclic) bond motifs is 3. The normalized spacial score (nSPS) is 16.4. The summed E-state index contributed by atoms with van der Waals surface area (Å²) in [6, 6.07) is 12.9. The number of rotatable bonds is 3. The summed E-state index contributed by atoms with van der Waals surface area (Å²) in [6.07, 6.45) is 1.95. The Morgan fingerprint density at radius 3 is 2.64 bits per heavy atom. The van der Waals surface area contributed by atoms with Gasteiger partial charge in [-0.2, -0.15) is 0 Å². The average molecular weight is 556 g/mol. The first kappa shape index (κ1) is 25.4. The van der Waals surface area contributed by atoms with Gasteiger partial charge < -0.3 is 10.2 Å². The highest BCUT2D eigenvalue weighted by atomic mass is 35.5.